The number of nitrogens with zero attached hydrogens (tertiary/aromatic N) is 2. The summed E-state index contributed by atoms with van der Waals surface area (Å²) in [7, 11) is 0. The topological polar surface area (TPSA) is 83.7 Å². The number of carboxylic acid groups (broad SMARTS) is 1. The summed E-state index contributed by atoms with van der Waals surface area (Å²) < 4.78 is 1.81. The van der Waals surface area contributed by atoms with Gasteiger partial charge in [-0.25, -0.2) is 9.78 Å². The molecule has 2 rings (SSSR count). The summed E-state index contributed by atoms with van der Waals surface area (Å²) in [6.45, 7) is 3.20. The van der Waals surface area contributed by atoms with E-state index in [1.165, 1.54) is 18.7 Å². The van der Waals surface area contributed by atoms with Crippen molar-refractivity contribution in [2.24, 2.45) is 0 Å². The molecule has 2 heterocycles. The standard InChI is InChI=1S/C14H17N3O3S/c1-4-14(2,12(19)20)16-11(18)10-9-7-5-6-8-17(9)13(15-10)21-3/h5-8H,4H2,1-3H3,(H,16,18)(H,19,20). The van der Waals surface area contributed by atoms with Crippen molar-refractivity contribution in [3.8, 4) is 0 Å². The monoisotopic (exact) mass is 307 g/mol. The van der Waals surface area contributed by atoms with Crippen molar-refractivity contribution in [1.29, 1.82) is 0 Å². The lowest BCUT2D eigenvalue weighted by atomic mass is 9.99. The number of hydrogen-bond acceptors (Lipinski definition) is 4. The Hall–Kier alpha value is -2.02. The number of nitrogens with one attached hydrogen (secondary N) is 1. The number of pyridine rings is 1. The van der Waals surface area contributed by atoms with E-state index < -0.39 is 17.4 Å². The molecule has 0 aromatic carbocycles. The first-order chi connectivity index (χ1) is 9.92. The smallest absolute Gasteiger partial charge is 0.329 e. The Morgan fingerprint density at radius 1 is 1.48 bits per heavy atom. The summed E-state index contributed by atoms with van der Waals surface area (Å²) in [6, 6.07) is 5.45. The fourth-order valence-electron chi connectivity index (χ4n) is 1.92. The second-order valence-corrected chi connectivity index (χ2v) is 5.62. The fraction of sp³-hybridized carbons (Fsp3) is 0.357. The molecule has 0 aliphatic carbocycles. The number of amides is 1. The van der Waals surface area contributed by atoms with Crippen molar-refractivity contribution >= 4 is 29.2 Å². The van der Waals surface area contributed by atoms with Gasteiger partial charge in [0.15, 0.2) is 10.9 Å². The number of carboxylic acids is 1. The van der Waals surface area contributed by atoms with Crippen LogP contribution in [0.5, 0.6) is 0 Å². The highest BCUT2D eigenvalue weighted by Gasteiger charge is 2.34. The maximum atomic E-state index is 12.4. The van der Waals surface area contributed by atoms with Gasteiger partial charge in [-0.2, -0.15) is 0 Å². The molecule has 0 fully saturated rings. The predicted molar refractivity (Wildman–Crippen MR) is 80.8 cm³/mol. The van der Waals surface area contributed by atoms with Crippen LogP contribution in [-0.2, 0) is 4.79 Å². The van der Waals surface area contributed by atoms with E-state index in [1.807, 2.05) is 29.0 Å². The molecule has 0 aliphatic heterocycles. The number of rotatable bonds is 5. The maximum absolute atomic E-state index is 12.4. The largest absolute Gasteiger partial charge is 0.480 e. The lowest BCUT2D eigenvalue weighted by Gasteiger charge is -2.24. The van der Waals surface area contributed by atoms with Crippen LogP contribution >= 0.6 is 11.8 Å². The molecule has 1 atom stereocenters. The minimum Gasteiger partial charge on any atom is -0.480 e. The highest BCUT2D eigenvalue weighted by Crippen LogP contribution is 2.21. The summed E-state index contributed by atoms with van der Waals surface area (Å²) in [5, 5.41) is 12.5. The number of aliphatic carboxylic acids is 1. The van der Waals surface area contributed by atoms with Crippen LogP contribution in [0.3, 0.4) is 0 Å². The summed E-state index contributed by atoms with van der Waals surface area (Å²) in [5.74, 6) is -1.54. The molecule has 7 heteroatoms. The van der Waals surface area contributed by atoms with E-state index >= 15 is 0 Å². The van der Waals surface area contributed by atoms with Gasteiger partial charge in [0, 0.05) is 6.20 Å². The molecule has 0 saturated carbocycles. The van der Waals surface area contributed by atoms with Crippen LogP contribution in [0.1, 0.15) is 30.8 Å². The number of aromatic nitrogens is 2. The maximum Gasteiger partial charge on any atom is 0.329 e. The first-order valence-corrected chi connectivity index (χ1v) is 7.72. The lowest BCUT2D eigenvalue weighted by Crippen LogP contribution is -2.51. The number of fused-ring (bicyclic) bond motifs is 1. The van der Waals surface area contributed by atoms with Gasteiger partial charge in [0.25, 0.3) is 5.91 Å². The summed E-state index contributed by atoms with van der Waals surface area (Å²) >= 11 is 1.42. The minimum atomic E-state index is -1.30. The van der Waals surface area contributed by atoms with Gasteiger partial charge in [-0.1, -0.05) is 24.8 Å². The molecule has 112 valence electrons. The Labute approximate surface area is 126 Å². The zero-order valence-corrected chi connectivity index (χ0v) is 12.9. The molecule has 6 nitrogen and oxygen atoms in total. The molecule has 1 amide bonds. The van der Waals surface area contributed by atoms with Crippen LogP contribution < -0.4 is 5.32 Å². The third-order valence-electron chi connectivity index (χ3n) is 3.48. The molecular formula is C14H17N3O3S. The van der Waals surface area contributed by atoms with Crippen molar-refractivity contribution in [3.05, 3.63) is 30.1 Å². The van der Waals surface area contributed by atoms with Gasteiger partial charge in [-0.05, 0) is 31.7 Å². The SMILES string of the molecule is CCC(C)(NC(=O)c1nc(SC)n2ccccc12)C(=O)O. The number of thioether (sulfide) groups is 1. The molecule has 2 N–H and O–H groups in total. The van der Waals surface area contributed by atoms with Gasteiger partial charge in [0.2, 0.25) is 0 Å². The van der Waals surface area contributed by atoms with Crippen molar-refractivity contribution in [3.63, 3.8) is 0 Å². The van der Waals surface area contributed by atoms with Crippen LogP contribution in [0.4, 0.5) is 0 Å². The first-order valence-electron chi connectivity index (χ1n) is 6.50. The van der Waals surface area contributed by atoms with E-state index in [1.54, 1.807) is 13.0 Å². The van der Waals surface area contributed by atoms with Gasteiger partial charge >= 0.3 is 5.97 Å². The Morgan fingerprint density at radius 2 is 2.19 bits per heavy atom. The summed E-state index contributed by atoms with van der Waals surface area (Å²) in [4.78, 5) is 28.0. The number of hydrogen-bond donors (Lipinski definition) is 2. The van der Waals surface area contributed by atoms with Gasteiger partial charge in [0.1, 0.15) is 5.54 Å². The van der Waals surface area contributed by atoms with E-state index in [-0.39, 0.29) is 12.1 Å². The highest BCUT2D eigenvalue weighted by molar-refractivity contribution is 7.98. The number of imidazole rings is 1. The first kappa shape index (κ1) is 15.4. The normalized spacial score (nSPS) is 13.9. The molecule has 0 radical (unpaired) electrons. The van der Waals surface area contributed by atoms with Crippen molar-refractivity contribution in [1.82, 2.24) is 14.7 Å². The fourth-order valence-corrected chi connectivity index (χ4v) is 2.46. The average Bonchev–Trinajstić information content (AvgIpc) is 2.85. The molecule has 0 aliphatic rings. The summed E-state index contributed by atoms with van der Waals surface area (Å²) in [6.07, 6.45) is 3.98. The van der Waals surface area contributed by atoms with E-state index in [4.69, 9.17) is 0 Å². The van der Waals surface area contributed by atoms with E-state index in [0.29, 0.717) is 10.7 Å². The van der Waals surface area contributed by atoms with Gasteiger partial charge in [0.05, 0.1) is 5.52 Å². The Balaban J connectivity index is 2.43. The third-order valence-corrected chi connectivity index (χ3v) is 4.14. The molecular weight excluding hydrogens is 290 g/mol. The zero-order valence-electron chi connectivity index (χ0n) is 12.1. The van der Waals surface area contributed by atoms with Crippen LogP contribution in [0.15, 0.2) is 29.6 Å². The Morgan fingerprint density at radius 3 is 2.76 bits per heavy atom. The predicted octanol–water partition coefficient (Wildman–Crippen LogP) is 2.04. The molecule has 2 aromatic heterocycles. The molecule has 0 saturated heterocycles. The van der Waals surface area contributed by atoms with Crippen molar-refractivity contribution < 1.29 is 14.7 Å². The van der Waals surface area contributed by atoms with Crippen LogP contribution in [0.2, 0.25) is 0 Å². The van der Waals surface area contributed by atoms with Crippen LogP contribution in [0, 0.1) is 0 Å². The lowest BCUT2D eigenvalue weighted by molar-refractivity contribution is -0.143. The highest BCUT2D eigenvalue weighted by atomic mass is 32.2. The molecule has 0 bridgehead atoms. The second kappa shape index (κ2) is 5.77. The van der Waals surface area contributed by atoms with Crippen molar-refractivity contribution in [2.45, 2.75) is 31.0 Å². The van der Waals surface area contributed by atoms with Gasteiger partial charge in [-0.15, -0.1) is 0 Å². The Bertz CT molecular complexity index is 698. The second-order valence-electron chi connectivity index (χ2n) is 4.85. The number of carbonyl (C=O) groups excluding carboxylic acids is 1. The minimum absolute atomic E-state index is 0.237. The third kappa shape index (κ3) is 2.73. The van der Waals surface area contributed by atoms with E-state index in [0.717, 1.165) is 0 Å². The molecule has 0 spiro atoms. The van der Waals surface area contributed by atoms with E-state index in [9.17, 15) is 14.7 Å². The van der Waals surface area contributed by atoms with Gasteiger partial charge in [-0.3, -0.25) is 9.20 Å². The molecule has 1 unspecified atom stereocenters. The van der Waals surface area contributed by atoms with Gasteiger partial charge < -0.3 is 10.4 Å². The molecule has 21 heavy (non-hydrogen) atoms. The van der Waals surface area contributed by atoms with Crippen LogP contribution in [0.25, 0.3) is 5.52 Å². The quantitative estimate of drug-likeness (QED) is 0.826. The summed E-state index contributed by atoms with van der Waals surface area (Å²) in [5.41, 5.74) is -0.412. The zero-order chi connectivity index (χ0) is 15.6. The average molecular weight is 307 g/mol. The Kier molecular flexibility index (Phi) is 4.22. The van der Waals surface area contributed by atoms with Crippen molar-refractivity contribution in [2.75, 3.05) is 6.26 Å². The number of carbonyl (C=O) groups is 2. The molecule has 2 aromatic rings. The van der Waals surface area contributed by atoms with E-state index in [2.05, 4.69) is 10.3 Å². The van der Waals surface area contributed by atoms with Crippen LogP contribution in [-0.4, -0.2) is 38.2 Å².